The molecule has 0 radical (unpaired) electrons. The zero-order valence-corrected chi connectivity index (χ0v) is 31.7. The number of amidine groups is 1. The van der Waals surface area contributed by atoms with Gasteiger partial charge in [0.05, 0.1) is 28.7 Å². The summed E-state index contributed by atoms with van der Waals surface area (Å²) in [5, 5.41) is 34.8. The first-order valence-electron chi connectivity index (χ1n) is 14.9. The fourth-order valence-electron chi connectivity index (χ4n) is 4.22. The Labute approximate surface area is 324 Å². The molecule has 0 aliphatic heterocycles. The number of nitrogens with zero attached hydrogens (tertiary/aromatic N) is 7. The van der Waals surface area contributed by atoms with Gasteiger partial charge in [-0.1, -0.05) is 42.0 Å². The topological polar surface area (TPSA) is 305 Å². The SMILES string of the molecule is Cc1ccc([CH-]OO)c(N/N=C(\N=Nc2cc(S(=O)(=O)O)cc(Nc3nc(F)nc(N(C)CCS(=O)(=O)CCOS(=O)(=O)O)n3)c2O)c2ccccc2)c1.[Cu+]. The summed E-state index contributed by atoms with van der Waals surface area (Å²) in [5.74, 6) is -3.26. The molecule has 4 aromatic rings. The first kappa shape index (κ1) is 44.5. The van der Waals surface area contributed by atoms with Gasteiger partial charge in [0.2, 0.25) is 11.9 Å². The number of azo groups is 1. The molecule has 26 heteroatoms. The Morgan fingerprint density at radius 2 is 1.67 bits per heavy atom. The van der Waals surface area contributed by atoms with Crippen molar-refractivity contribution < 1.29 is 75.3 Å². The van der Waals surface area contributed by atoms with Crippen LogP contribution in [0.15, 0.2) is 80.9 Å². The van der Waals surface area contributed by atoms with Crippen LogP contribution in [0.1, 0.15) is 16.7 Å². The van der Waals surface area contributed by atoms with Gasteiger partial charge in [-0.15, -0.1) is 21.9 Å². The molecule has 0 bridgehead atoms. The van der Waals surface area contributed by atoms with Crippen LogP contribution in [0.2, 0.25) is 0 Å². The summed E-state index contributed by atoms with van der Waals surface area (Å²) in [4.78, 5) is 15.4. The van der Waals surface area contributed by atoms with Gasteiger partial charge in [0, 0.05) is 19.2 Å². The molecular formula is C29H31CuFN9O12S3. The van der Waals surface area contributed by atoms with Gasteiger partial charge in [-0.05, 0) is 31.4 Å². The van der Waals surface area contributed by atoms with Gasteiger partial charge in [-0.3, -0.25) is 19.3 Å². The minimum Gasteiger partial charge on any atom is -0.504 e. The van der Waals surface area contributed by atoms with Crippen molar-refractivity contribution in [3.63, 3.8) is 0 Å². The van der Waals surface area contributed by atoms with Crippen molar-refractivity contribution in [2.75, 3.05) is 47.3 Å². The Hall–Kier alpha value is -4.89. The van der Waals surface area contributed by atoms with E-state index in [1.807, 2.05) is 6.92 Å². The number of nitrogens with one attached hydrogen (secondary N) is 2. The van der Waals surface area contributed by atoms with Crippen LogP contribution in [0.4, 0.5) is 33.3 Å². The largest absolute Gasteiger partial charge is 1.00 e. The normalized spacial score (nSPS) is 12.3. The molecule has 300 valence electrons. The van der Waals surface area contributed by atoms with Crippen LogP contribution in [0, 0.1) is 19.6 Å². The van der Waals surface area contributed by atoms with Crippen LogP contribution in [0.25, 0.3) is 0 Å². The third-order valence-corrected chi connectivity index (χ3v) is 9.75. The minimum absolute atomic E-state index is 0. The van der Waals surface area contributed by atoms with Crippen LogP contribution in [0.3, 0.4) is 0 Å². The third-order valence-electron chi connectivity index (χ3n) is 6.86. The van der Waals surface area contributed by atoms with Gasteiger partial charge in [0.15, 0.2) is 21.4 Å². The van der Waals surface area contributed by atoms with E-state index >= 15 is 0 Å². The second kappa shape index (κ2) is 19.1. The number of hydrogen-bond acceptors (Lipinski definition) is 18. The Balaban J connectivity index is 0.00000812. The molecule has 3 aromatic carbocycles. The number of benzene rings is 3. The van der Waals surface area contributed by atoms with E-state index in [9.17, 15) is 39.3 Å². The number of sulfone groups is 1. The quantitative estimate of drug-likeness (QED) is 0.0102. The van der Waals surface area contributed by atoms with Crippen LogP contribution < -0.4 is 15.6 Å². The van der Waals surface area contributed by atoms with Gasteiger partial charge < -0.3 is 20.7 Å². The third kappa shape index (κ3) is 13.7. The summed E-state index contributed by atoms with van der Waals surface area (Å²) in [6, 6.07) is 15.0. The maximum atomic E-state index is 14.5. The van der Waals surface area contributed by atoms with Gasteiger partial charge in [-0.25, -0.2) is 12.6 Å². The van der Waals surface area contributed by atoms with E-state index in [0.29, 0.717) is 16.8 Å². The molecule has 0 aliphatic rings. The number of aryl methyl sites for hydroxylation is 1. The summed E-state index contributed by atoms with van der Waals surface area (Å²) < 4.78 is 107. The smallest absolute Gasteiger partial charge is 0.504 e. The van der Waals surface area contributed by atoms with Crippen LogP contribution in [-0.2, 0) is 56.5 Å². The molecule has 0 amide bonds. The molecule has 21 nitrogen and oxygen atoms in total. The Morgan fingerprint density at radius 3 is 2.33 bits per heavy atom. The van der Waals surface area contributed by atoms with E-state index in [2.05, 4.69) is 50.1 Å². The van der Waals surface area contributed by atoms with E-state index in [-0.39, 0.29) is 29.4 Å². The molecule has 55 heavy (non-hydrogen) atoms. The number of hydrogen-bond donors (Lipinski definition) is 6. The second-order valence-corrected chi connectivity index (χ2v) is 15.7. The Morgan fingerprint density at radius 1 is 0.964 bits per heavy atom. The van der Waals surface area contributed by atoms with Crippen molar-refractivity contribution in [2.45, 2.75) is 11.8 Å². The van der Waals surface area contributed by atoms with Crippen molar-refractivity contribution in [1.82, 2.24) is 15.0 Å². The average Bonchev–Trinajstić information content (AvgIpc) is 3.08. The van der Waals surface area contributed by atoms with E-state index in [4.69, 9.17) is 9.81 Å². The second-order valence-electron chi connectivity index (χ2n) is 10.9. The number of hydrazone groups is 1. The van der Waals surface area contributed by atoms with Crippen LogP contribution in [-0.4, -0.2) is 97.2 Å². The van der Waals surface area contributed by atoms with Gasteiger partial charge >= 0.3 is 33.5 Å². The molecule has 0 aliphatic carbocycles. The molecule has 0 spiro atoms. The molecule has 1 heterocycles. The van der Waals surface area contributed by atoms with Gasteiger partial charge in [-0.2, -0.15) is 47.3 Å². The van der Waals surface area contributed by atoms with Crippen LogP contribution in [0.5, 0.6) is 5.75 Å². The predicted octanol–water partition coefficient (Wildman–Crippen LogP) is 3.24. The van der Waals surface area contributed by atoms with E-state index in [1.54, 1.807) is 48.5 Å². The van der Waals surface area contributed by atoms with Crippen molar-refractivity contribution in [3.05, 3.63) is 90.0 Å². The summed E-state index contributed by atoms with van der Waals surface area (Å²) in [6.45, 7) is 1.67. The summed E-state index contributed by atoms with van der Waals surface area (Å²) in [5.41, 5.74) is 3.79. The standard InChI is InChI=1S/C29H31FN9O12S3.Cu/c1-18-8-9-20(17-50-41)22(14-18)35-37-26(19-6-4-3-5-7-19)38-36-24-16-21(53(44,45)46)15-23(25(24)40)31-28-32-27(30)33-29(34-28)39(2)10-12-52(42,43)13-11-51-54(47,48)49;/h3-9,14-17,35,40-41H,10-13H2,1-2H3,(H,44,45,46)(H,47,48,49)(H,31,32,33,34);/q-1;+1/b37-26-,38-36?;. The van der Waals surface area contributed by atoms with E-state index < -0.39 is 88.5 Å². The van der Waals surface area contributed by atoms with Crippen molar-refractivity contribution in [1.29, 1.82) is 0 Å². The Kier molecular flexibility index (Phi) is 15.5. The number of rotatable bonds is 17. The maximum absolute atomic E-state index is 14.5. The summed E-state index contributed by atoms with van der Waals surface area (Å²) in [6.07, 6.45) is -1.37. The zero-order chi connectivity index (χ0) is 39.7. The number of phenols is 1. The molecule has 0 saturated heterocycles. The number of aromatic hydroxyl groups is 1. The molecule has 0 atom stereocenters. The molecule has 1 aromatic heterocycles. The van der Waals surface area contributed by atoms with Gasteiger partial charge in [0.25, 0.3) is 10.1 Å². The van der Waals surface area contributed by atoms with Crippen LogP contribution >= 0.6 is 0 Å². The fraction of sp³-hybridized carbons (Fsp3) is 0.207. The predicted molar refractivity (Wildman–Crippen MR) is 190 cm³/mol. The zero-order valence-electron chi connectivity index (χ0n) is 28.3. The molecule has 0 saturated carbocycles. The van der Waals surface area contributed by atoms with Gasteiger partial charge in [0.1, 0.15) is 5.69 Å². The monoisotopic (exact) mass is 875 g/mol. The minimum atomic E-state index is -4.95. The molecule has 0 unspecified atom stereocenters. The Bertz CT molecular complexity index is 2380. The fourth-order valence-corrected chi connectivity index (χ4v) is 6.24. The number of halogens is 1. The summed E-state index contributed by atoms with van der Waals surface area (Å²) >= 11 is 0. The van der Waals surface area contributed by atoms with Crippen molar-refractivity contribution >= 4 is 65.1 Å². The number of anilines is 4. The molecule has 0 fully saturated rings. The van der Waals surface area contributed by atoms with E-state index in [1.165, 1.54) is 7.05 Å². The molecular weight excluding hydrogens is 845 g/mol. The first-order chi connectivity index (χ1) is 25.3. The molecule has 4 rings (SSSR count). The van der Waals surface area contributed by atoms with Crippen molar-refractivity contribution in [3.8, 4) is 5.75 Å². The number of phenolic OH excluding ortho intramolecular Hbond substituents is 1. The molecule has 6 N–H and O–H groups in total. The first-order valence-corrected chi connectivity index (χ1v) is 19.6. The summed E-state index contributed by atoms with van der Waals surface area (Å²) in [7, 11) is -12.5. The average molecular weight is 876 g/mol. The van der Waals surface area contributed by atoms with E-state index in [0.717, 1.165) is 29.2 Å². The maximum Gasteiger partial charge on any atom is 1.00 e. The van der Waals surface area contributed by atoms with Crippen molar-refractivity contribution in [2.24, 2.45) is 15.3 Å². The number of aromatic nitrogens is 3.